The number of hydrogen-bond donors (Lipinski definition) is 1. The minimum Gasteiger partial charge on any atom is -0.494 e. The van der Waals surface area contributed by atoms with Crippen LogP contribution in [0.1, 0.15) is 47.5 Å². The van der Waals surface area contributed by atoms with Crippen LogP contribution in [0.15, 0.2) is 30.3 Å². The third-order valence-corrected chi connectivity index (χ3v) is 5.41. The number of nitrogens with two attached hydrogens (primary N) is 1. The van der Waals surface area contributed by atoms with Crippen molar-refractivity contribution in [2.45, 2.75) is 64.5 Å². The number of benzene rings is 1. The molecule has 2 N–H and O–H groups in total. The minimum absolute atomic E-state index is 0. The van der Waals surface area contributed by atoms with Gasteiger partial charge in [-0.05, 0) is 52.7 Å². The number of carbonyl (C=O) groups is 1. The Kier molecular flexibility index (Phi) is 7.99. The summed E-state index contributed by atoms with van der Waals surface area (Å²) in [6.45, 7) is 10.5. The van der Waals surface area contributed by atoms with Crippen LogP contribution in [0.3, 0.4) is 0 Å². The Morgan fingerprint density at radius 2 is 1.69 bits per heavy atom. The van der Waals surface area contributed by atoms with E-state index in [2.05, 4.69) is 0 Å². The van der Waals surface area contributed by atoms with Crippen LogP contribution in [0.5, 0.6) is 5.75 Å². The zero-order valence-corrected chi connectivity index (χ0v) is 17.2. The Balaban J connectivity index is 0.00000338. The van der Waals surface area contributed by atoms with E-state index in [-0.39, 0.29) is 30.0 Å². The van der Waals surface area contributed by atoms with Crippen LogP contribution in [0.2, 0.25) is 5.82 Å². The predicted molar refractivity (Wildman–Crippen MR) is 107 cm³/mol. The van der Waals surface area contributed by atoms with Crippen molar-refractivity contribution in [1.82, 2.24) is 0 Å². The first kappa shape index (κ1) is 22.8. The Hall–Kier alpha value is -1.24. The summed E-state index contributed by atoms with van der Waals surface area (Å²) in [6, 6.07) is 9.63. The van der Waals surface area contributed by atoms with Gasteiger partial charge in [0.25, 0.3) is 0 Å². The van der Waals surface area contributed by atoms with Crippen molar-refractivity contribution < 1.29 is 18.8 Å². The minimum atomic E-state index is -0.471. The molecule has 0 spiro atoms. The second-order valence-electron chi connectivity index (χ2n) is 7.66. The number of para-hydroxylation sites is 1. The van der Waals surface area contributed by atoms with Crippen LogP contribution >= 0.6 is 12.4 Å². The smallest absolute Gasteiger partial charge is 0.462 e. The molecule has 1 aliphatic heterocycles. The maximum Gasteiger partial charge on any atom is 0.462 e. The Bertz CT molecular complexity index is 566. The van der Waals surface area contributed by atoms with Crippen molar-refractivity contribution in [1.29, 1.82) is 0 Å². The second kappa shape index (κ2) is 9.11. The molecule has 1 aromatic rings. The predicted octanol–water partition coefficient (Wildman–Crippen LogP) is 3.85. The van der Waals surface area contributed by atoms with Crippen LogP contribution in [0.4, 0.5) is 0 Å². The van der Waals surface area contributed by atoms with E-state index >= 15 is 0 Å². The lowest BCUT2D eigenvalue weighted by molar-refractivity contribution is -0.122. The van der Waals surface area contributed by atoms with Gasteiger partial charge in [-0.15, -0.1) is 12.4 Å². The van der Waals surface area contributed by atoms with E-state index in [9.17, 15) is 4.79 Å². The molecule has 5 nitrogen and oxygen atoms in total. The highest BCUT2D eigenvalue weighted by Crippen LogP contribution is 2.43. The Morgan fingerprint density at radius 1 is 1.15 bits per heavy atom. The molecule has 1 fully saturated rings. The Morgan fingerprint density at radius 3 is 2.15 bits per heavy atom. The van der Waals surface area contributed by atoms with Gasteiger partial charge in [-0.1, -0.05) is 25.1 Å². The average Bonchev–Trinajstić information content (AvgIpc) is 2.75. The van der Waals surface area contributed by atoms with Crippen molar-refractivity contribution in [3.05, 3.63) is 30.3 Å². The second-order valence-corrected chi connectivity index (χ2v) is 7.66. The molecule has 26 heavy (non-hydrogen) atoms. The quantitative estimate of drug-likeness (QED) is 0.692. The third-order valence-electron chi connectivity index (χ3n) is 5.41. The highest BCUT2D eigenvalue weighted by Gasteiger charge is 2.55. The Labute approximate surface area is 163 Å². The van der Waals surface area contributed by atoms with E-state index in [4.69, 9.17) is 19.8 Å². The summed E-state index contributed by atoms with van der Waals surface area (Å²) in [5.41, 5.74) is 4.77. The first-order valence-electron chi connectivity index (χ1n) is 9.00. The van der Waals surface area contributed by atoms with Gasteiger partial charge in [0.1, 0.15) is 5.75 Å². The normalized spacial score (nSPS) is 20.1. The van der Waals surface area contributed by atoms with Gasteiger partial charge in [-0.2, -0.15) is 0 Å². The highest BCUT2D eigenvalue weighted by molar-refractivity contribution is 6.48. The first-order chi connectivity index (χ1) is 11.7. The van der Waals surface area contributed by atoms with E-state index in [1.165, 1.54) is 0 Å². The van der Waals surface area contributed by atoms with Crippen LogP contribution in [-0.4, -0.2) is 30.8 Å². The van der Waals surface area contributed by atoms with Gasteiger partial charge >= 0.3 is 7.12 Å². The van der Waals surface area contributed by atoms with Crippen molar-refractivity contribution in [3.8, 4) is 5.75 Å². The van der Waals surface area contributed by atoms with Crippen LogP contribution < -0.4 is 10.5 Å². The van der Waals surface area contributed by atoms with Crippen molar-refractivity contribution in [2.24, 2.45) is 11.7 Å². The molecule has 0 aromatic heterocycles. The number of hydrogen-bond acceptors (Lipinski definition) is 4. The van der Waals surface area contributed by atoms with Gasteiger partial charge in [0, 0.05) is 11.7 Å². The zero-order chi connectivity index (χ0) is 18.7. The molecular weight excluding hydrogens is 352 g/mol. The van der Waals surface area contributed by atoms with Crippen LogP contribution in [0, 0.1) is 5.92 Å². The van der Waals surface area contributed by atoms with Gasteiger partial charge < -0.3 is 19.8 Å². The van der Waals surface area contributed by atoms with Gasteiger partial charge in [0.05, 0.1) is 17.8 Å². The topological polar surface area (TPSA) is 70.8 Å². The van der Waals surface area contributed by atoms with Gasteiger partial charge in [0.15, 0.2) is 0 Å². The highest BCUT2D eigenvalue weighted by atomic mass is 35.5. The van der Waals surface area contributed by atoms with E-state index in [1.807, 2.05) is 65.0 Å². The molecule has 2 rings (SSSR count). The van der Waals surface area contributed by atoms with Crippen molar-refractivity contribution >= 4 is 25.4 Å². The van der Waals surface area contributed by atoms with Crippen LogP contribution in [0.25, 0.3) is 0 Å². The van der Waals surface area contributed by atoms with Crippen LogP contribution in [-0.2, 0) is 14.1 Å². The molecule has 1 aliphatic rings. The molecule has 146 valence electrons. The summed E-state index contributed by atoms with van der Waals surface area (Å²) in [5.74, 6) is 0.0329. The zero-order valence-electron chi connectivity index (χ0n) is 16.4. The molecule has 0 saturated carbocycles. The summed E-state index contributed by atoms with van der Waals surface area (Å²) in [7, 11) is -0.471. The number of rotatable bonds is 8. The summed E-state index contributed by atoms with van der Waals surface area (Å²) in [6.07, 6.45) is 1.28. The summed E-state index contributed by atoms with van der Waals surface area (Å²) in [4.78, 5) is 12.0. The molecule has 0 radical (unpaired) electrons. The SMILES string of the molecule is CCC(C(N)=O)[C@@H](CCOc1ccccc1)B1OC(C)(C)C(C)(C)O1.Cl. The fourth-order valence-electron chi connectivity index (χ4n) is 3.13. The summed E-state index contributed by atoms with van der Waals surface area (Å²) in [5, 5.41) is 0. The van der Waals surface area contributed by atoms with Crippen molar-refractivity contribution in [3.63, 3.8) is 0 Å². The summed E-state index contributed by atoms with van der Waals surface area (Å²) >= 11 is 0. The fraction of sp³-hybridized carbons (Fsp3) is 0.632. The molecule has 1 unspecified atom stereocenters. The van der Waals surface area contributed by atoms with Gasteiger partial charge in [-0.3, -0.25) is 4.79 Å². The molecule has 1 amide bonds. The molecule has 2 atom stereocenters. The number of amides is 1. The van der Waals surface area contributed by atoms with E-state index in [0.717, 1.165) is 5.75 Å². The van der Waals surface area contributed by atoms with Crippen molar-refractivity contribution in [2.75, 3.05) is 6.61 Å². The molecule has 1 saturated heterocycles. The standard InChI is InChI=1S/C19H30BNO4.ClH/c1-6-15(17(21)22)16(12-13-23-14-10-8-7-9-11-14)20-24-18(2,3)19(4,5)25-20;/h7-11,15-16H,6,12-13H2,1-5H3,(H2,21,22);1H/t15?,16-;/m1./s1. The monoisotopic (exact) mass is 383 g/mol. The average molecular weight is 384 g/mol. The number of primary amides is 1. The molecule has 0 bridgehead atoms. The number of halogens is 1. The van der Waals surface area contributed by atoms with Gasteiger partial charge in [-0.25, -0.2) is 0 Å². The van der Waals surface area contributed by atoms with E-state index < -0.39 is 18.3 Å². The fourth-order valence-corrected chi connectivity index (χ4v) is 3.13. The third kappa shape index (κ3) is 5.15. The largest absolute Gasteiger partial charge is 0.494 e. The number of ether oxygens (including phenoxy) is 1. The van der Waals surface area contributed by atoms with E-state index in [0.29, 0.717) is 19.4 Å². The molecular formula is C19H31BClNO4. The lowest BCUT2D eigenvalue weighted by atomic mass is 9.62. The lowest BCUT2D eigenvalue weighted by Crippen LogP contribution is -2.41. The van der Waals surface area contributed by atoms with Gasteiger partial charge in [0.2, 0.25) is 5.91 Å². The molecule has 0 aliphatic carbocycles. The number of carbonyl (C=O) groups excluding carboxylic acids is 1. The summed E-state index contributed by atoms with van der Waals surface area (Å²) < 4.78 is 18.2. The molecule has 7 heteroatoms. The molecule has 1 aromatic carbocycles. The first-order valence-corrected chi connectivity index (χ1v) is 9.00. The maximum atomic E-state index is 12.0. The maximum absolute atomic E-state index is 12.0. The van der Waals surface area contributed by atoms with E-state index in [1.54, 1.807) is 0 Å². The lowest BCUT2D eigenvalue weighted by Gasteiger charge is -2.32. The molecule has 1 heterocycles.